The molecule has 114 valence electrons. The molecule has 1 N–H and O–H groups in total. The minimum Gasteiger partial charge on any atom is -0.363 e. The van der Waals surface area contributed by atoms with Gasteiger partial charge in [-0.05, 0) is 25.0 Å². The average molecular weight is 301 g/mol. The van der Waals surface area contributed by atoms with Crippen LogP contribution in [-0.2, 0) is 22.3 Å². The summed E-state index contributed by atoms with van der Waals surface area (Å²) in [5, 5.41) is 1.47. The summed E-state index contributed by atoms with van der Waals surface area (Å²) in [6, 6.07) is 2.28. The smallest absolute Gasteiger partial charge is 0.363 e. The van der Waals surface area contributed by atoms with Crippen LogP contribution in [0, 0.1) is 0 Å². The first-order chi connectivity index (χ1) is 9.91. The summed E-state index contributed by atoms with van der Waals surface area (Å²) in [5.74, 6) is -0.110. The fourth-order valence-corrected chi connectivity index (χ4v) is 2.24. The van der Waals surface area contributed by atoms with Gasteiger partial charge in [0.1, 0.15) is 5.60 Å². The highest BCUT2D eigenvalue weighted by Crippen LogP contribution is 2.42. The van der Waals surface area contributed by atoms with E-state index in [1.54, 1.807) is 0 Å². The number of nitrogens with one attached hydrogen (secondary N) is 1. The van der Waals surface area contributed by atoms with Gasteiger partial charge >= 0.3 is 6.18 Å². The van der Waals surface area contributed by atoms with Crippen molar-refractivity contribution in [1.82, 2.24) is 15.4 Å². The molecule has 0 unspecified atom stereocenters. The lowest BCUT2D eigenvalue weighted by molar-refractivity contribution is -0.161. The van der Waals surface area contributed by atoms with Gasteiger partial charge in [0, 0.05) is 6.20 Å². The van der Waals surface area contributed by atoms with Gasteiger partial charge in [0.15, 0.2) is 0 Å². The number of morpholine rings is 1. The summed E-state index contributed by atoms with van der Waals surface area (Å²) in [6.07, 6.45) is -2.15. The van der Waals surface area contributed by atoms with Gasteiger partial charge in [-0.2, -0.15) is 13.2 Å². The molecule has 1 saturated heterocycles. The van der Waals surface area contributed by atoms with Crippen molar-refractivity contribution in [3.05, 3.63) is 29.6 Å². The summed E-state index contributed by atoms with van der Waals surface area (Å²) in [5.41, 5.74) is 1.90. The first-order valence-corrected chi connectivity index (χ1v) is 6.62. The van der Waals surface area contributed by atoms with Gasteiger partial charge in [-0.1, -0.05) is 0 Å². The van der Waals surface area contributed by atoms with Gasteiger partial charge in [-0.15, -0.1) is 0 Å². The van der Waals surface area contributed by atoms with E-state index in [9.17, 15) is 18.0 Å². The SMILES string of the molecule is O=C1N(NCc2ccc(C(F)(F)F)cn2)CCOC12CC2. The molecular weight excluding hydrogens is 287 g/mol. The number of rotatable bonds is 3. The summed E-state index contributed by atoms with van der Waals surface area (Å²) < 4.78 is 42.7. The molecule has 2 fully saturated rings. The quantitative estimate of drug-likeness (QED) is 0.919. The number of carbonyl (C=O) groups is 1. The van der Waals surface area contributed by atoms with Crippen molar-refractivity contribution < 1.29 is 22.7 Å². The Bertz CT molecular complexity index is 541. The van der Waals surface area contributed by atoms with E-state index in [-0.39, 0.29) is 12.5 Å². The second-order valence-corrected chi connectivity index (χ2v) is 5.17. The van der Waals surface area contributed by atoms with Crippen LogP contribution in [0.15, 0.2) is 18.3 Å². The zero-order valence-electron chi connectivity index (χ0n) is 11.1. The van der Waals surface area contributed by atoms with E-state index in [0.29, 0.717) is 18.8 Å². The van der Waals surface area contributed by atoms with Crippen LogP contribution < -0.4 is 5.43 Å². The molecule has 5 nitrogen and oxygen atoms in total. The number of aromatic nitrogens is 1. The van der Waals surface area contributed by atoms with E-state index < -0.39 is 17.3 Å². The highest BCUT2D eigenvalue weighted by atomic mass is 19.4. The van der Waals surface area contributed by atoms with Crippen LogP contribution in [0.4, 0.5) is 13.2 Å². The van der Waals surface area contributed by atoms with Crippen molar-refractivity contribution in [2.75, 3.05) is 13.2 Å². The Morgan fingerprint density at radius 3 is 2.71 bits per heavy atom. The van der Waals surface area contributed by atoms with Gasteiger partial charge in [0.05, 0.1) is 31.0 Å². The summed E-state index contributed by atoms with van der Waals surface area (Å²) in [6.45, 7) is 1.07. The van der Waals surface area contributed by atoms with Crippen molar-refractivity contribution >= 4 is 5.91 Å². The molecule has 0 atom stereocenters. The number of pyridine rings is 1. The average Bonchev–Trinajstić information content (AvgIpc) is 3.21. The maximum Gasteiger partial charge on any atom is 0.417 e. The molecule has 8 heteroatoms. The number of carbonyl (C=O) groups excluding carboxylic acids is 1. The largest absolute Gasteiger partial charge is 0.417 e. The topological polar surface area (TPSA) is 54.5 Å². The van der Waals surface area contributed by atoms with E-state index in [1.165, 1.54) is 11.1 Å². The Kier molecular flexibility index (Phi) is 3.37. The lowest BCUT2D eigenvalue weighted by atomic mass is 10.2. The fourth-order valence-electron chi connectivity index (χ4n) is 2.24. The van der Waals surface area contributed by atoms with Crippen molar-refractivity contribution in [3.8, 4) is 0 Å². The molecule has 3 rings (SSSR count). The fraction of sp³-hybridized carbons (Fsp3) is 0.538. The molecule has 1 aromatic heterocycles. The maximum atomic E-state index is 12.4. The van der Waals surface area contributed by atoms with E-state index in [4.69, 9.17) is 4.74 Å². The number of nitrogens with zero attached hydrogens (tertiary/aromatic N) is 2. The second kappa shape index (κ2) is 4.96. The molecule has 1 spiro atoms. The Labute approximate surface area is 119 Å². The van der Waals surface area contributed by atoms with Crippen LogP contribution in [0.2, 0.25) is 0 Å². The monoisotopic (exact) mass is 301 g/mol. The van der Waals surface area contributed by atoms with Gasteiger partial charge in [0.2, 0.25) is 0 Å². The molecule has 0 bridgehead atoms. The van der Waals surface area contributed by atoms with Crippen molar-refractivity contribution in [2.45, 2.75) is 31.2 Å². The number of hydrogen-bond acceptors (Lipinski definition) is 4. The molecule has 2 aliphatic rings. The van der Waals surface area contributed by atoms with Gasteiger partial charge < -0.3 is 4.74 Å². The summed E-state index contributed by atoms with van der Waals surface area (Å²) in [7, 11) is 0. The Hall–Kier alpha value is -1.67. The van der Waals surface area contributed by atoms with Crippen LogP contribution >= 0.6 is 0 Å². The zero-order chi connectivity index (χ0) is 15.1. The Balaban J connectivity index is 1.59. The lowest BCUT2D eigenvalue weighted by Crippen LogP contribution is -2.55. The molecule has 1 saturated carbocycles. The second-order valence-electron chi connectivity index (χ2n) is 5.17. The zero-order valence-corrected chi connectivity index (χ0v) is 11.1. The summed E-state index contributed by atoms with van der Waals surface area (Å²) >= 11 is 0. The highest BCUT2D eigenvalue weighted by molar-refractivity contribution is 5.88. The number of ether oxygens (including phenoxy) is 1. The number of amides is 1. The van der Waals surface area contributed by atoms with Gasteiger partial charge in [-0.25, -0.2) is 5.43 Å². The maximum absolute atomic E-state index is 12.4. The predicted molar refractivity (Wildman–Crippen MR) is 65.7 cm³/mol. The first-order valence-electron chi connectivity index (χ1n) is 6.62. The van der Waals surface area contributed by atoms with Crippen molar-refractivity contribution in [2.24, 2.45) is 0 Å². The molecule has 1 aliphatic heterocycles. The van der Waals surface area contributed by atoms with Gasteiger partial charge in [0.25, 0.3) is 5.91 Å². The van der Waals surface area contributed by atoms with Crippen LogP contribution in [0.25, 0.3) is 0 Å². The molecule has 2 heterocycles. The molecule has 0 aromatic carbocycles. The Morgan fingerprint density at radius 1 is 1.38 bits per heavy atom. The van der Waals surface area contributed by atoms with E-state index in [1.807, 2.05) is 0 Å². The number of hydrogen-bond donors (Lipinski definition) is 1. The normalized spacial score (nSPS) is 20.9. The Morgan fingerprint density at radius 2 is 2.14 bits per heavy atom. The third-order valence-corrected chi connectivity index (χ3v) is 3.64. The van der Waals surface area contributed by atoms with Gasteiger partial charge in [-0.3, -0.25) is 14.8 Å². The van der Waals surface area contributed by atoms with E-state index >= 15 is 0 Å². The van der Waals surface area contributed by atoms with Crippen molar-refractivity contribution in [3.63, 3.8) is 0 Å². The highest BCUT2D eigenvalue weighted by Gasteiger charge is 2.55. The summed E-state index contributed by atoms with van der Waals surface area (Å²) in [4.78, 5) is 15.8. The molecule has 1 amide bonds. The number of alkyl halides is 3. The van der Waals surface area contributed by atoms with Crippen molar-refractivity contribution in [1.29, 1.82) is 0 Å². The minimum absolute atomic E-state index is 0.110. The number of halogens is 3. The predicted octanol–water partition coefficient (Wildman–Crippen LogP) is 1.50. The molecule has 21 heavy (non-hydrogen) atoms. The molecule has 1 aromatic rings. The van der Waals surface area contributed by atoms with Crippen LogP contribution in [0.1, 0.15) is 24.1 Å². The number of hydrazine groups is 1. The molecule has 0 radical (unpaired) electrons. The van der Waals surface area contributed by atoms with E-state index in [2.05, 4.69) is 10.4 Å². The van der Waals surface area contributed by atoms with Crippen LogP contribution in [-0.4, -0.2) is 34.7 Å². The van der Waals surface area contributed by atoms with Crippen LogP contribution in [0.5, 0.6) is 0 Å². The molecule has 1 aliphatic carbocycles. The third kappa shape index (κ3) is 2.86. The lowest BCUT2D eigenvalue weighted by Gasteiger charge is -2.32. The third-order valence-electron chi connectivity index (χ3n) is 3.64. The molecular formula is C13H14F3N3O2. The van der Waals surface area contributed by atoms with Crippen LogP contribution in [0.3, 0.4) is 0 Å². The standard InChI is InChI=1S/C13H14F3N3O2/c14-13(15,16)9-1-2-10(17-7-9)8-18-19-5-6-21-12(3-4-12)11(19)20/h1-2,7,18H,3-6,8H2. The van der Waals surface area contributed by atoms with E-state index in [0.717, 1.165) is 25.1 Å². The first kappa shape index (κ1) is 14.3. The minimum atomic E-state index is -4.39.